The molecular formula is C25H20N4O4S. The zero-order valence-electron chi connectivity index (χ0n) is 18.4. The van der Waals surface area contributed by atoms with Gasteiger partial charge in [0.15, 0.2) is 0 Å². The van der Waals surface area contributed by atoms with Crippen molar-refractivity contribution in [2.24, 2.45) is 12.0 Å². The van der Waals surface area contributed by atoms with Crippen LogP contribution >= 0.6 is 0 Å². The van der Waals surface area contributed by atoms with Crippen LogP contribution in [0.2, 0.25) is 0 Å². The average molecular weight is 473 g/mol. The predicted octanol–water partition coefficient (Wildman–Crippen LogP) is 3.98. The second-order valence-corrected chi connectivity index (χ2v) is 9.28. The summed E-state index contributed by atoms with van der Waals surface area (Å²) in [5.41, 5.74) is 0.772. The molecule has 0 atom stereocenters. The molecule has 0 aliphatic carbocycles. The van der Waals surface area contributed by atoms with Crippen molar-refractivity contribution in [3.8, 4) is 11.9 Å². The first kappa shape index (κ1) is 22.8. The van der Waals surface area contributed by atoms with Crippen LogP contribution in [0.5, 0.6) is 5.88 Å². The maximum atomic E-state index is 12.9. The van der Waals surface area contributed by atoms with Gasteiger partial charge >= 0.3 is 0 Å². The van der Waals surface area contributed by atoms with Crippen molar-refractivity contribution in [2.75, 3.05) is 4.72 Å². The number of aromatic hydroxyl groups is 1. The lowest BCUT2D eigenvalue weighted by Crippen LogP contribution is -2.22. The third-order valence-electron chi connectivity index (χ3n) is 5.49. The lowest BCUT2D eigenvalue weighted by molar-refractivity contribution is 0.421. The van der Waals surface area contributed by atoms with Crippen LogP contribution in [-0.4, -0.2) is 24.3 Å². The van der Waals surface area contributed by atoms with Crippen LogP contribution in [0.1, 0.15) is 16.7 Å². The summed E-state index contributed by atoms with van der Waals surface area (Å²) in [6, 6.07) is 20.6. The first-order chi connectivity index (χ1) is 16.2. The zero-order valence-corrected chi connectivity index (χ0v) is 19.2. The summed E-state index contributed by atoms with van der Waals surface area (Å²) in [5, 5.41) is 21.3. The molecule has 4 aromatic rings. The number of fused-ring (bicyclic) bond motifs is 1. The first-order valence-corrected chi connectivity index (χ1v) is 11.7. The Kier molecular flexibility index (Phi) is 5.92. The van der Waals surface area contributed by atoms with Crippen LogP contribution in [-0.2, 0) is 17.1 Å². The number of nitrogens with one attached hydrogen (secondary N) is 1. The van der Waals surface area contributed by atoms with E-state index < -0.39 is 15.6 Å². The number of nitrogens with zero attached hydrogens (tertiary/aromatic N) is 3. The number of nitriles is 1. The van der Waals surface area contributed by atoms with Gasteiger partial charge in [-0.2, -0.15) is 5.26 Å². The van der Waals surface area contributed by atoms with Gasteiger partial charge in [0.1, 0.15) is 11.6 Å². The molecule has 0 bridgehead atoms. The van der Waals surface area contributed by atoms with Crippen molar-refractivity contribution in [2.45, 2.75) is 11.8 Å². The highest BCUT2D eigenvalue weighted by Gasteiger charge is 2.17. The molecule has 0 radical (unpaired) electrons. The summed E-state index contributed by atoms with van der Waals surface area (Å²) >= 11 is 0. The minimum Gasteiger partial charge on any atom is -0.494 e. The molecule has 170 valence electrons. The van der Waals surface area contributed by atoms with Crippen LogP contribution in [0, 0.1) is 18.3 Å². The van der Waals surface area contributed by atoms with E-state index in [2.05, 4.69) is 9.71 Å². The van der Waals surface area contributed by atoms with Gasteiger partial charge in [0.2, 0.25) is 5.88 Å². The van der Waals surface area contributed by atoms with Crippen molar-refractivity contribution in [3.63, 3.8) is 0 Å². The van der Waals surface area contributed by atoms with Gasteiger partial charge < -0.3 is 5.11 Å². The monoisotopic (exact) mass is 472 g/mol. The fourth-order valence-electron chi connectivity index (χ4n) is 3.56. The number of sulfonamides is 1. The molecule has 0 saturated carbocycles. The smallest absolute Gasteiger partial charge is 0.271 e. The molecule has 0 saturated heterocycles. The minimum absolute atomic E-state index is 0.0623. The average Bonchev–Trinajstić information content (AvgIpc) is 2.83. The molecule has 0 aliphatic heterocycles. The third kappa shape index (κ3) is 4.14. The summed E-state index contributed by atoms with van der Waals surface area (Å²) < 4.78 is 29.4. The topological polar surface area (TPSA) is 125 Å². The van der Waals surface area contributed by atoms with Crippen molar-refractivity contribution < 1.29 is 13.5 Å². The molecule has 3 aromatic carbocycles. The van der Waals surface area contributed by atoms with E-state index in [1.54, 1.807) is 19.1 Å². The van der Waals surface area contributed by atoms with E-state index in [-0.39, 0.29) is 21.9 Å². The van der Waals surface area contributed by atoms with Crippen molar-refractivity contribution in [1.29, 1.82) is 5.26 Å². The number of benzene rings is 3. The van der Waals surface area contributed by atoms with E-state index in [4.69, 9.17) is 0 Å². The standard InChI is InChI=1S/C25H20N4O4S/c1-16-21(14-26)24(30)29(2)25(31)22(16)15-27-18-10-12-19(13-11-18)34(32,33)28-23-9-5-7-17-6-3-4-8-20(17)23/h3-13,15,28,31H,1-2H3. The van der Waals surface area contributed by atoms with Gasteiger partial charge in [-0.1, -0.05) is 36.4 Å². The summed E-state index contributed by atoms with van der Waals surface area (Å²) in [5.74, 6) is -0.316. The Morgan fingerprint density at radius 1 is 1.06 bits per heavy atom. The largest absolute Gasteiger partial charge is 0.494 e. The van der Waals surface area contributed by atoms with Crippen LogP contribution in [0.4, 0.5) is 11.4 Å². The maximum absolute atomic E-state index is 12.9. The molecular weight excluding hydrogens is 452 g/mol. The molecule has 34 heavy (non-hydrogen) atoms. The Balaban J connectivity index is 1.62. The number of aliphatic imine (C=N–C) groups is 1. The van der Waals surface area contributed by atoms with E-state index >= 15 is 0 Å². The summed E-state index contributed by atoms with van der Waals surface area (Å²) in [7, 11) is -2.48. The van der Waals surface area contributed by atoms with Gasteiger partial charge in [0, 0.05) is 18.6 Å². The second-order valence-electron chi connectivity index (χ2n) is 7.60. The summed E-state index contributed by atoms with van der Waals surface area (Å²) in [4.78, 5) is 16.4. The van der Waals surface area contributed by atoms with Gasteiger partial charge in [-0.15, -0.1) is 0 Å². The van der Waals surface area contributed by atoms with Crippen LogP contribution in [0.3, 0.4) is 0 Å². The van der Waals surface area contributed by atoms with E-state index in [1.807, 2.05) is 36.4 Å². The van der Waals surface area contributed by atoms with E-state index in [9.17, 15) is 23.6 Å². The van der Waals surface area contributed by atoms with Crippen LogP contribution in [0.25, 0.3) is 10.8 Å². The molecule has 0 amide bonds. The molecule has 0 aliphatic rings. The Bertz CT molecular complexity index is 1640. The highest BCUT2D eigenvalue weighted by Crippen LogP contribution is 2.26. The van der Waals surface area contributed by atoms with Gasteiger partial charge in [0.05, 0.1) is 21.8 Å². The number of hydrogen-bond acceptors (Lipinski definition) is 6. The lowest BCUT2D eigenvalue weighted by Gasteiger charge is -2.11. The van der Waals surface area contributed by atoms with Crippen molar-refractivity contribution in [1.82, 2.24) is 4.57 Å². The summed E-state index contributed by atoms with van der Waals surface area (Å²) in [6.07, 6.45) is 1.34. The number of pyridine rings is 1. The quantitative estimate of drug-likeness (QED) is 0.425. The highest BCUT2D eigenvalue weighted by atomic mass is 32.2. The minimum atomic E-state index is -3.84. The molecule has 1 heterocycles. The molecule has 8 nitrogen and oxygen atoms in total. The Labute approximate surface area is 196 Å². The maximum Gasteiger partial charge on any atom is 0.271 e. The number of anilines is 1. The molecule has 0 spiro atoms. The Hall–Kier alpha value is -4.42. The summed E-state index contributed by atoms with van der Waals surface area (Å²) in [6.45, 7) is 1.55. The van der Waals surface area contributed by atoms with Gasteiger partial charge in [-0.25, -0.2) is 8.42 Å². The number of hydrogen-bond donors (Lipinski definition) is 2. The zero-order chi connectivity index (χ0) is 24.5. The van der Waals surface area contributed by atoms with Crippen LogP contribution in [0.15, 0.2) is 81.4 Å². The van der Waals surface area contributed by atoms with E-state index in [1.165, 1.54) is 37.5 Å². The molecule has 0 fully saturated rings. The molecule has 4 rings (SSSR count). The third-order valence-corrected chi connectivity index (χ3v) is 6.87. The molecule has 0 unspecified atom stereocenters. The van der Waals surface area contributed by atoms with Crippen molar-refractivity contribution in [3.05, 3.63) is 93.8 Å². The fraction of sp³-hybridized carbons (Fsp3) is 0.0800. The first-order valence-electron chi connectivity index (χ1n) is 10.2. The number of rotatable bonds is 5. The molecule has 9 heteroatoms. The lowest BCUT2D eigenvalue weighted by atomic mass is 10.1. The normalized spacial score (nSPS) is 11.6. The van der Waals surface area contributed by atoms with Gasteiger partial charge in [0.25, 0.3) is 15.6 Å². The highest BCUT2D eigenvalue weighted by molar-refractivity contribution is 7.92. The van der Waals surface area contributed by atoms with E-state index in [0.717, 1.165) is 15.3 Å². The SMILES string of the molecule is Cc1c(C=Nc2ccc(S(=O)(=O)Nc3cccc4ccccc34)cc2)c(O)n(C)c(=O)c1C#N. The Morgan fingerprint density at radius 3 is 2.44 bits per heavy atom. The fourth-order valence-corrected chi connectivity index (χ4v) is 4.64. The molecule has 2 N–H and O–H groups in total. The van der Waals surface area contributed by atoms with E-state index in [0.29, 0.717) is 16.9 Å². The Morgan fingerprint density at radius 2 is 1.74 bits per heavy atom. The van der Waals surface area contributed by atoms with Crippen molar-refractivity contribution >= 4 is 38.4 Å². The second kappa shape index (κ2) is 8.84. The van der Waals surface area contributed by atoms with Gasteiger partial charge in [-0.3, -0.25) is 19.1 Å². The number of aromatic nitrogens is 1. The predicted molar refractivity (Wildman–Crippen MR) is 131 cm³/mol. The van der Waals surface area contributed by atoms with Crippen LogP contribution < -0.4 is 10.3 Å². The molecule has 1 aromatic heterocycles. The van der Waals surface area contributed by atoms with Gasteiger partial charge in [-0.05, 0) is 48.2 Å².